The van der Waals surface area contributed by atoms with Crippen molar-refractivity contribution in [1.29, 1.82) is 0 Å². The molecule has 6 nitrogen and oxygen atoms in total. The summed E-state index contributed by atoms with van der Waals surface area (Å²) in [6.07, 6.45) is 4.59. The number of aromatic nitrogens is 1. The van der Waals surface area contributed by atoms with Gasteiger partial charge >= 0.3 is 6.03 Å². The lowest BCUT2D eigenvalue weighted by atomic mass is 9.81. The van der Waals surface area contributed by atoms with Gasteiger partial charge < -0.3 is 10.3 Å². The Morgan fingerprint density at radius 2 is 2.44 bits per heavy atom. The number of fused-ring (bicyclic) bond motifs is 2. The third-order valence-corrected chi connectivity index (χ3v) is 5.06. The van der Waals surface area contributed by atoms with E-state index in [4.69, 9.17) is 8.95 Å². The normalized spacial score (nSPS) is 24.7. The predicted molar refractivity (Wildman–Crippen MR) is 98.1 cm³/mol. The summed E-state index contributed by atoms with van der Waals surface area (Å²) in [7, 11) is 1.43. The lowest BCUT2D eigenvalue weighted by Crippen LogP contribution is -2.52. The fraction of sp³-hybridized carbons (Fsp3) is 0.421. The van der Waals surface area contributed by atoms with E-state index in [9.17, 15) is 4.79 Å². The molecule has 0 spiro atoms. The summed E-state index contributed by atoms with van der Waals surface area (Å²) in [5.41, 5.74) is 4.14. The van der Waals surface area contributed by atoms with Gasteiger partial charge in [-0.3, -0.25) is 9.74 Å². The van der Waals surface area contributed by atoms with Crippen LogP contribution in [0.4, 0.5) is 4.79 Å². The minimum absolute atomic E-state index is 0.216. The fourth-order valence-corrected chi connectivity index (χ4v) is 3.92. The number of H-pyrrole nitrogens is 1. The first-order valence-corrected chi connectivity index (χ1v) is 8.53. The van der Waals surface area contributed by atoms with Crippen LogP contribution in [-0.2, 0) is 11.3 Å². The summed E-state index contributed by atoms with van der Waals surface area (Å²) in [4.78, 5) is 22.3. The lowest BCUT2D eigenvalue weighted by Gasteiger charge is -2.40. The van der Waals surface area contributed by atoms with Gasteiger partial charge in [0.15, 0.2) is 0 Å². The number of aromatic amines is 1. The molecule has 1 aliphatic heterocycles. The van der Waals surface area contributed by atoms with Crippen LogP contribution in [0, 0.1) is 0 Å². The first-order chi connectivity index (χ1) is 13.3. The molecule has 1 aliphatic carbocycles. The van der Waals surface area contributed by atoms with Crippen molar-refractivity contribution in [3.8, 4) is 0 Å². The van der Waals surface area contributed by atoms with Crippen molar-refractivity contribution < 1.29 is 13.7 Å². The average Bonchev–Trinajstić information content (AvgIpc) is 3.06. The number of benzene rings is 1. The second kappa shape index (κ2) is 6.20. The molecule has 1 aromatic heterocycles. The van der Waals surface area contributed by atoms with Crippen LogP contribution >= 0.6 is 0 Å². The van der Waals surface area contributed by atoms with Crippen molar-refractivity contribution in [2.24, 2.45) is 0 Å². The fourth-order valence-electron chi connectivity index (χ4n) is 3.92. The molecule has 6 heteroatoms. The van der Waals surface area contributed by atoms with E-state index in [0.717, 1.165) is 27.6 Å². The molecule has 25 heavy (non-hydrogen) atoms. The highest BCUT2D eigenvalue weighted by Gasteiger charge is 2.34. The highest BCUT2D eigenvalue weighted by atomic mass is 16.7. The van der Waals surface area contributed by atoms with E-state index < -0.39 is 13.0 Å². The van der Waals surface area contributed by atoms with E-state index in [1.165, 1.54) is 17.1 Å². The highest BCUT2D eigenvalue weighted by Crippen LogP contribution is 2.39. The van der Waals surface area contributed by atoms with Gasteiger partial charge in [0.05, 0.1) is 13.2 Å². The minimum Gasteiger partial charge on any atom is -0.361 e. The van der Waals surface area contributed by atoms with Gasteiger partial charge in [-0.15, -0.1) is 0 Å². The number of urea groups is 1. The third-order valence-electron chi connectivity index (χ3n) is 5.06. The number of nitrogens with one attached hydrogen (secondary N) is 2. The Hall–Kier alpha value is -2.31. The van der Waals surface area contributed by atoms with Gasteiger partial charge in [-0.05, 0) is 43.1 Å². The van der Waals surface area contributed by atoms with Crippen LogP contribution in [0.2, 0.25) is 0 Å². The number of nitrogens with zero attached hydrogens (tertiary/aromatic N) is 2. The molecule has 0 unspecified atom stereocenters. The summed E-state index contributed by atoms with van der Waals surface area (Å²) in [5, 5.41) is 5.23. The minimum atomic E-state index is -2.26. The smallest absolute Gasteiger partial charge is 0.341 e. The van der Waals surface area contributed by atoms with E-state index in [1.807, 2.05) is 37.4 Å². The van der Waals surface area contributed by atoms with Gasteiger partial charge in [0.25, 0.3) is 0 Å². The van der Waals surface area contributed by atoms with Gasteiger partial charge in [0.2, 0.25) is 0 Å². The molecule has 0 radical (unpaired) electrons. The van der Waals surface area contributed by atoms with E-state index in [0.29, 0.717) is 13.0 Å². The van der Waals surface area contributed by atoms with Crippen molar-refractivity contribution in [3.05, 3.63) is 41.6 Å². The third kappa shape index (κ3) is 2.62. The van der Waals surface area contributed by atoms with Crippen LogP contribution in [0.5, 0.6) is 0 Å². The largest absolute Gasteiger partial charge is 0.361 e. The van der Waals surface area contributed by atoms with Gasteiger partial charge in [-0.25, -0.2) is 9.86 Å². The summed E-state index contributed by atoms with van der Waals surface area (Å²) in [6, 6.07) is 4.94. The number of carbonyl (C=O) groups excluding carboxylic acids is 1. The highest BCUT2D eigenvalue weighted by molar-refractivity contribution is 5.98. The Morgan fingerprint density at radius 3 is 3.20 bits per heavy atom. The second-order valence-electron chi connectivity index (χ2n) is 6.47. The number of carbonyl (C=O) groups is 1. The number of hydrogen-bond acceptors (Lipinski definition) is 3. The molecule has 2 aliphatic rings. The van der Waals surface area contributed by atoms with Gasteiger partial charge in [0, 0.05) is 40.3 Å². The Labute approximate surface area is 151 Å². The molecule has 0 saturated carbocycles. The monoisotopic (exact) mass is 343 g/mol. The number of amides is 2. The van der Waals surface area contributed by atoms with Crippen molar-refractivity contribution in [2.75, 3.05) is 27.2 Å². The molecule has 2 aromatic rings. The molecule has 4 rings (SSSR count). The van der Waals surface area contributed by atoms with E-state index in [2.05, 4.69) is 10.3 Å². The van der Waals surface area contributed by atoms with Gasteiger partial charge in [-0.2, -0.15) is 0 Å². The number of hydroxylamine groups is 2. The molecular weight excluding hydrogens is 316 g/mol. The Balaban J connectivity index is 1.75. The number of likely N-dealkylation sites (N-methyl/N-ethyl adjacent to an activating group) is 1. The van der Waals surface area contributed by atoms with Gasteiger partial charge in [0.1, 0.15) is 0 Å². The van der Waals surface area contributed by atoms with E-state index in [-0.39, 0.29) is 18.6 Å². The Kier molecular flexibility index (Phi) is 3.22. The lowest BCUT2D eigenvalue weighted by molar-refractivity contribution is -0.0828. The Morgan fingerprint density at radius 1 is 1.56 bits per heavy atom. The Bertz CT molecular complexity index is 933. The van der Waals surface area contributed by atoms with E-state index >= 15 is 0 Å². The molecule has 0 saturated heterocycles. The van der Waals surface area contributed by atoms with Crippen molar-refractivity contribution in [2.45, 2.75) is 25.4 Å². The summed E-state index contributed by atoms with van der Waals surface area (Å²) in [6.45, 7) is 0.152. The zero-order chi connectivity index (χ0) is 20.1. The maximum absolute atomic E-state index is 12.4. The van der Waals surface area contributed by atoms with Crippen molar-refractivity contribution in [1.82, 2.24) is 20.3 Å². The molecule has 132 valence electrons. The maximum atomic E-state index is 12.4. The quantitative estimate of drug-likeness (QED) is 0.841. The van der Waals surface area contributed by atoms with Crippen LogP contribution in [0.15, 0.2) is 30.5 Å². The van der Waals surface area contributed by atoms with Crippen molar-refractivity contribution in [3.63, 3.8) is 0 Å². The first kappa shape index (κ1) is 13.0. The maximum Gasteiger partial charge on any atom is 0.341 e. The average molecular weight is 343 g/mol. The molecular formula is C19H24N4O2. The van der Waals surface area contributed by atoms with Gasteiger partial charge in [-0.1, -0.05) is 18.2 Å². The van der Waals surface area contributed by atoms with E-state index in [1.54, 1.807) is 0 Å². The molecule has 0 bridgehead atoms. The van der Waals surface area contributed by atoms with Crippen LogP contribution in [0.25, 0.3) is 16.5 Å². The second-order valence-corrected chi connectivity index (χ2v) is 6.47. The summed E-state index contributed by atoms with van der Waals surface area (Å²) in [5.74, 6) is 0. The number of hydrogen-bond donors (Lipinski definition) is 2. The molecule has 0 fully saturated rings. The summed E-state index contributed by atoms with van der Waals surface area (Å²) < 4.78 is 24.1. The molecule has 2 atom stereocenters. The van der Waals surface area contributed by atoms with Crippen LogP contribution in [0.3, 0.4) is 0 Å². The zero-order valence-electron chi connectivity index (χ0n) is 17.4. The van der Waals surface area contributed by atoms with Crippen LogP contribution in [0.1, 0.15) is 22.2 Å². The predicted octanol–water partition coefficient (Wildman–Crippen LogP) is 2.38. The van der Waals surface area contributed by atoms with Crippen molar-refractivity contribution >= 4 is 22.5 Å². The number of rotatable bonds is 3. The SMILES string of the molecule is [2H]C([2H])([2H])N1C[C@@H](NC(=O)N(CC)OC)C=C2c3cccc4[nH]cc(c34)C[C@H]21. The molecule has 1 aromatic carbocycles. The molecule has 2 heterocycles. The summed E-state index contributed by atoms with van der Waals surface area (Å²) >= 11 is 0. The van der Waals surface area contributed by atoms with Crippen LogP contribution < -0.4 is 5.32 Å². The molecule has 2 N–H and O–H groups in total. The standard InChI is InChI=1S/C19H24N4O2/c1-4-23(25-3)19(24)21-13-9-15-14-6-5-7-16-18(14)12(10-20-16)8-17(15)22(2)11-13/h5-7,9-10,13,17,20H,4,8,11H2,1-3H3,(H,21,24)/t13-,17+/m0/s1/i2D3. The topological polar surface area (TPSA) is 60.6 Å². The zero-order valence-corrected chi connectivity index (χ0v) is 14.4. The first-order valence-electron chi connectivity index (χ1n) is 10.0. The van der Waals surface area contributed by atoms with Crippen LogP contribution in [-0.4, -0.2) is 60.2 Å². The molecule has 2 amide bonds.